The van der Waals surface area contributed by atoms with Crippen LogP contribution in [0.5, 0.6) is 5.75 Å². The molecule has 2 aromatic carbocycles. The lowest BCUT2D eigenvalue weighted by atomic mass is 10.1. The predicted molar refractivity (Wildman–Crippen MR) is 114 cm³/mol. The average Bonchev–Trinajstić information content (AvgIpc) is 2.70. The third-order valence-electron chi connectivity index (χ3n) is 3.69. The number of ether oxygens (including phenoxy) is 2. The summed E-state index contributed by atoms with van der Waals surface area (Å²) in [6.45, 7) is 4.18. The van der Waals surface area contributed by atoms with Crippen molar-refractivity contribution in [2.75, 3.05) is 18.5 Å². The molecule has 9 nitrogen and oxygen atoms in total. The second-order valence-corrected chi connectivity index (χ2v) is 7.51. The number of nitrogens with one attached hydrogen (secondary N) is 1. The Morgan fingerprint density at radius 3 is 2.48 bits per heavy atom. The fourth-order valence-electron chi connectivity index (χ4n) is 2.35. The van der Waals surface area contributed by atoms with E-state index in [4.69, 9.17) is 14.6 Å². The third-order valence-corrected chi connectivity index (χ3v) is 3.69. The van der Waals surface area contributed by atoms with Gasteiger partial charge in [0.15, 0.2) is 0 Å². The number of carbonyl (C=O) groups is 1. The number of aliphatic hydroxyl groups excluding tert-OH is 2. The van der Waals surface area contributed by atoms with Crippen LogP contribution in [0, 0.1) is 22.0 Å². The number of hydrogen-bond acceptors (Lipinski definition) is 7. The Balaban J connectivity index is 2.47. The number of carbonyl (C=O) groups excluding carboxylic acids is 1. The van der Waals surface area contributed by atoms with Gasteiger partial charge in [0.1, 0.15) is 29.7 Å². The van der Waals surface area contributed by atoms with Crippen molar-refractivity contribution in [2.45, 2.75) is 32.5 Å². The molecule has 164 valence electrons. The summed E-state index contributed by atoms with van der Waals surface area (Å²) < 4.78 is 10.7. The van der Waals surface area contributed by atoms with Crippen LogP contribution < -0.4 is 10.1 Å². The van der Waals surface area contributed by atoms with Crippen LogP contribution in [0.15, 0.2) is 42.5 Å². The van der Waals surface area contributed by atoms with Gasteiger partial charge in [0.05, 0.1) is 17.1 Å². The van der Waals surface area contributed by atoms with Gasteiger partial charge in [-0.3, -0.25) is 15.4 Å². The predicted octanol–water partition coefficient (Wildman–Crippen LogP) is 3.07. The Morgan fingerprint density at radius 2 is 1.90 bits per heavy atom. The Morgan fingerprint density at radius 1 is 1.23 bits per heavy atom. The molecule has 3 N–H and O–H groups in total. The summed E-state index contributed by atoms with van der Waals surface area (Å²) in [5.41, 5.74) is -0.501. The van der Waals surface area contributed by atoms with Gasteiger partial charge in [-0.1, -0.05) is 30.0 Å². The second-order valence-electron chi connectivity index (χ2n) is 7.51. The number of aliphatic hydroxyl groups is 2. The van der Waals surface area contributed by atoms with Crippen molar-refractivity contribution >= 4 is 17.5 Å². The molecule has 1 unspecified atom stereocenters. The Bertz CT molecular complexity index is 989. The van der Waals surface area contributed by atoms with E-state index < -0.39 is 35.0 Å². The largest absolute Gasteiger partial charge is 0.489 e. The molecule has 0 saturated heterocycles. The number of nitrogens with zero attached hydrogens (tertiary/aromatic N) is 1. The third kappa shape index (κ3) is 7.62. The molecule has 1 atom stereocenters. The SMILES string of the molecule is CC(C)(C)OC(=O)Nc1cc(OCC(O)CO)c(C#Cc2ccccc2)cc1[N+](=O)[O-]. The summed E-state index contributed by atoms with van der Waals surface area (Å²) in [4.78, 5) is 23.1. The van der Waals surface area contributed by atoms with Gasteiger partial charge >= 0.3 is 6.09 Å². The minimum absolute atomic E-state index is 0.0904. The lowest BCUT2D eigenvalue weighted by Crippen LogP contribution is -2.27. The number of anilines is 1. The fraction of sp³-hybridized carbons (Fsp3) is 0.318. The van der Waals surface area contributed by atoms with Gasteiger partial charge < -0.3 is 19.7 Å². The molecule has 0 bridgehead atoms. The van der Waals surface area contributed by atoms with E-state index in [-0.39, 0.29) is 23.6 Å². The van der Waals surface area contributed by atoms with Crippen molar-refractivity contribution in [1.82, 2.24) is 0 Å². The fourth-order valence-corrected chi connectivity index (χ4v) is 2.35. The van der Waals surface area contributed by atoms with Crippen LogP contribution in [0.25, 0.3) is 0 Å². The maximum absolute atomic E-state index is 12.1. The monoisotopic (exact) mass is 428 g/mol. The van der Waals surface area contributed by atoms with Gasteiger partial charge in [-0.25, -0.2) is 4.79 Å². The number of benzene rings is 2. The molecule has 9 heteroatoms. The Hall–Kier alpha value is -3.61. The molecule has 0 spiro atoms. The molecule has 0 aromatic heterocycles. The van der Waals surface area contributed by atoms with E-state index in [1.807, 2.05) is 6.07 Å². The van der Waals surface area contributed by atoms with Crippen LogP contribution >= 0.6 is 0 Å². The van der Waals surface area contributed by atoms with Crippen LogP contribution in [0.2, 0.25) is 0 Å². The van der Waals surface area contributed by atoms with E-state index in [2.05, 4.69) is 17.2 Å². The van der Waals surface area contributed by atoms with Crippen molar-refractivity contribution in [3.05, 3.63) is 63.7 Å². The molecule has 2 rings (SSSR count). The smallest absolute Gasteiger partial charge is 0.412 e. The molecule has 1 amide bonds. The molecule has 31 heavy (non-hydrogen) atoms. The quantitative estimate of drug-likeness (QED) is 0.366. The van der Waals surface area contributed by atoms with Gasteiger partial charge in [-0.05, 0) is 32.9 Å². The summed E-state index contributed by atoms with van der Waals surface area (Å²) in [6, 6.07) is 11.4. The van der Waals surface area contributed by atoms with E-state index in [1.54, 1.807) is 45.0 Å². The van der Waals surface area contributed by atoms with Crippen molar-refractivity contribution in [3.8, 4) is 17.6 Å². The Labute approximate surface area is 179 Å². The zero-order chi connectivity index (χ0) is 23.0. The second kappa shape index (κ2) is 10.4. The van der Waals surface area contributed by atoms with Crippen molar-refractivity contribution < 1.29 is 29.4 Å². The first kappa shape index (κ1) is 23.7. The topological polar surface area (TPSA) is 131 Å². The molecule has 0 fully saturated rings. The summed E-state index contributed by atoms with van der Waals surface area (Å²) >= 11 is 0. The van der Waals surface area contributed by atoms with Crippen LogP contribution in [0.3, 0.4) is 0 Å². The van der Waals surface area contributed by atoms with Gasteiger partial charge in [-0.15, -0.1) is 0 Å². The van der Waals surface area contributed by atoms with Crippen LogP contribution in [-0.4, -0.2) is 46.1 Å². The number of hydrogen-bond donors (Lipinski definition) is 3. The first-order chi connectivity index (χ1) is 14.6. The van der Waals surface area contributed by atoms with Crippen LogP contribution in [-0.2, 0) is 4.74 Å². The number of amides is 1. The highest BCUT2D eigenvalue weighted by molar-refractivity contribution is 5.89. The lowest BCUT2D eigenvalue weighted by molar-refractivity contribution is -0.384. The summed E-state index contributed by atoms with van der Waals surface area (Å²) in [6.07, 6.45) is -2.03. The number of rotatable bonds is 6. The maximum Gasteiger partial charge on any atom is 0.412 e. The number of nitro groups is 1. The number of nitro benzene ring substituents is 1. The highest BCUT2D eigenvalue weighted by atomic mass is 16.6. The maximum atomic E-state index is 12.1. The minimum atomic E-state index is -1.16. The van der Waals surface area contributed by atoms with Gasteiger partial charge in [0.2, 0.25) is 0 Å². The zero-order valence-corrected chi connectivity index (χ0v) is 17.4. The van der Waals surface area contributed by atoms with E-state index >= 15 is 0 Å². The highest BCUT2D eigenvalue weighted by Gasteiger charge is 2.23. The van der Waals surface area contributed by atoms with E-state index in [1.165, 1.54) is 12.1 Å². The summed E-state index contributed by atoms with van der Waals surface area (Å²) in [5, 5.41) is 32.5. The molecule has 0 radical (unpaired) electrons. The van der Waals surface area contributed by atoms with Gasteiger partial charge in [0, 0.05) is 17.7 Å². The normalized spacial score (nSPS) is 11.6. The molecule has 0 aliphatic carbocycles. The van der Waals surface area contributed by atoms with Crippen LogP contribution in [0.1, 0.15) is 31.9 Å². The molecule has 0 heterocycles. The summed E-state index contributed by atoms with van der Waals surface area (Å²) in [7, 11) is 0. The van der Waals surface area contributed by atoms with Crippen LogP contribution in [0.4, 0.5) is 16.2 Å². The minimum Gasteiger partial charge on any atom is -0.489 e. The standard InChI is InChI=1S/C22H24N2O7/c1-22(2,3)31-21(27)23-18-12-20(30-14-17(26)13-25)16(11-19(18)24(28)29)10-9-15-7-5-4-6-8-15/h4-8,11-12,17,25-26H,13-14H2,1-3H3,(H,23,27). The first-order valence-electron chi connectivity index (χ1n) is 9.40. The average molecular weight is 428 g/mol. The lowest BCUT2D eigenvalue weighted by Gasteiger charge is -2.20. The molecule has 0 aliphatic rings. The van der Waals surface area contributed by atoms with Crippen molar-refractivity contribution in [3.63, 3.8) is 0 Å². The molecular formula is C22H24N2O7. The highest BCUT2D eigenvalue weighted by Crippen LogP contribution is 2.33. The Kier molecular flexibility index (Phi) is 7.96. The first-order valence-corrected chi connectivity index (χ1v) is 9.40. The molecular weight excluding hydrogens is 404 g/mol. The van der Waals surface area contributed by atoms with E-state index in [0.717, 1.165) is 0 Å². The van der Waals surface area contributed by atoms with Crippen molar-refractivity contribution in [2.24, 2.45) is 0 Å². The molecule has 0 saturated carbocycles. The zero-order valence-electron chi connectivity index (χ0n) is 17.4. The summed E-state index contributed by atoms with van der Waals surface area (Å²) in [5.74, 6) is 5.79. The molecule has 0 aliphatic heterocycles. The van der Waals surface area contributed by atoms with Gasteiger partial charge in [-0.2, -0.15) is 0 Å². The molecule has 2 aromatic rings. The van der Waals surface area contributed by atoms with E-state index in [0.29, 0.717) is 5.56 Å². The van der Waals surface area contributed by atoms with E-state index in [9.17, 15) is 20.0 Å². The van der Waals surface area contributed by atoms with Crippen molar-refractivity contribution in [1.29, 1.82) is 0 Å². The van der Waals surface area contributed by atoms with Gasteiger partial charge in [0.25, 0.3) is 5.69 Å².